The molecule has 0 spiro atoms. The smallest absolute Gasteiger partial charge is 0.230 e. The topological polar surface area (TPSA) is 69.0 Å². The first-order valence-electron chi connectivity index (χ1n) is 6.40. The van der Waals surface area contributed by atoms with Gasteiger partial charge in [-0.2, -0.15) is 10.1 Å². The molecule has 18 heavy (non-hydrogen) atoms. The van der Waals surface area contributed by atoms with E-state index >= 15 is 0 Å². The second kappa shape index (κ2) is 5.48. The second-order valence-electron chi connectivity index (χ2n) is 4.72. The van der Waals surface area contributed by atoms with Crippen LogP contribution in [0.2, 0.25) is 0 Å². The normalized spacial score (nSPS) is 23.9. The van der Waals surface area contributed by atoms with E-state index in [0.29, 0.717) is 18.4 Å². The zero-order valence-electron chi connectivity index (χ0n) is 11.1. The van der Waals surface area contributed by atoms with Gasteiger partial charge in [0.15, 0.2) is 0 Å². The first-order valence-corrected chi connectivity index (χ1v) is 6.40. The summed E-state index contributed by atoms with van der Waals surface area (Å²) in [4.78, 5) is 16.3. The van der Waals surface area contributed by atoms with Gasteiger partial charge in [-0.3, -0.25) is 10.1 Å². The van der Waals surface area contributed by atoms with Crippen molar-refractivity contribution in [3.05, 3.63) is 5.82 Å². The third-order valence-electron chi connectivity index (χ3n) is 3.30. The van der Waals surface area contributed by atoms with Gasteiger partial charge in [0.2, 0.25) is 11.9 Å². The van der Waals surface area contributed by atoms with Crippen molar-refractivity contribution in [2.75, 3.05) is 11.9 Å². The average molecular weight is 252 g/mol. The minimum Gasteiger partial charge on any atom is -0.378 e. The summed E-state index contributed by atoms with van der Waals surface area (Å²) in [5.41, 5.74) is 0. The number of nitrogens with one attached hydrogen (secondary N) is 1. The lowest BCUT2D eigenvalue weighted by molar-refractivity contribution is -0.124. The number of hydrogen-bond donors (Lipinski definition) is 1. The van der Waals surface area contributed by atoms with Crippen molar-refractivity contribution in [3.63, 3.8) is 0 Å². The number of aryl methyl sites for hydroxylation is 2. The molecule has 0 radical (unpaired) electrons. The molecule has 100 valence electrons. The van der Waals surface area contributed by atoms with Gasteiger partial charge in [-0.15, -0.1) is 0 Å². The highest BCUT2D eigenvalue weighted by atomic mass is 16.5. The SMILES string of the molecule is CC[C@H]1C[C@@H](C(=O)Nc2nc(C)nn2C)CCO1. The van der Waals surface area contributed by atoms with Gasteiger partial charge in [-0.1, -0.05) is 6.92 Å². The summed E-state index contributed by atoms with van der Waals surface area (Å²) in [6, 6.07) is 0. The fourth-order valence-corrected chi connectivity index (χ4v) is 2.24. The highest BCUT2D eigenvalue weighted by Crippen LogP contribution is 2.23. The van der Waals surface area contributed by atoms with Crippen molar-refractivity contribution in [2.45, 2.75) is 39.2 Å². The van der Waals surface area contributed by atoms with Crippen molar-refractivity contribution in [1.29, 1.82) is 0 Å². The lowest BCUT2D eigenvalue weighted by Crippen LogP contribution is -2.33. The van der Waals surface area contributed by atoms with Crippen molar-refractivity contribution >= 4 is 11.9 Å². The summed E-state index contributed by atoms with van der Waals surface area (Å²) in [6.45, 7) is 4.54. The molecule has 1 N–H and O–H groups in total. The van der Waals surface area contributed by atoms with E-state index < -0.39 is 0 Å². The fourth-order valence-electron chi connectivity index (χ4n) is 2.24. The molecule has 2 rings (SSSR count). The van der Waals surface area contributed by atoms with Crippen molar-refractivity contribution in [2.24, 2.45) is 13.0 Å². The molecule has 0 bridgehead atoms. The van der Waals surface area contributed by atoms with E-state index in [9.17, 15) is 4.79 Å². The van der Waals surface area contributed by atoms with Crippen LogP contribution in [0, 0.1) is 12.8 Å². The molecule has 0 aliphatic carbocycles. The van der Waals surface area contributed by atoms with Gasteiger partial charge < -0.3 is 4.74 Å². The predicted octanol–water partition coefficient (Wildman–Crippen LogP) is 1.27. The number of anilines is 1. The molecular formula is C12H20N4O2. The molecule has 1 aliphatic rings. The summed E-state index contributed by atoms with van der Waals surface area (Å²) in [7, 11) is 1.77. The molecule has 1 aromatic heterocycles. The van der Waals surface area contributed by atoms with E-state index in [1.807, 2.05) is 0 Å². The molecular weight excluding hydrogens is 232 g/mol. The average Bonchev–Trinajstić information content (AvgIpc) is 2.68. The Labute approximate surface area is 107 Å². The molecule has 1 amide bonds. The van der Waals surface area contributed by atoms with E-state index in [4.69, 9.17) is 4.74 Å². The van der Waals surface area contributed by atoms with Gasteiger partial charge in [0, 0.05) is 19.6 Å². The Morgan fingerprint density at radius 3 is 3.00 bits per heavy atom. The molecule has 6 nitrogen and oxygen atoms in total. The lowest BCUT2D eigenvalue weighted by atomic mass is 9.93. The Morgan fingerprint density at radius 2 is 2.39 bits per heavy atom. The van der Waals surface area contributed by atoms with Crippen molar-refractivity contribution < 1.29 is 9.53 Å². The van der Waals surface area contributed by atoms with Crippen LogP contribution in [-0.2, 0) is 16.6 Å². The maximum absolute atomic E-state index is 12.1. The molecule has 0 saturated carbocycles. The van der Waals surface area contributed by atoms with E-state index in [1.165, 1.54) is 0 Å². The molecule has 1 fully saturated rings. The molecule has 1 aliphatic heterocycles. The number of hydrogen-bond acceptors (Lipinski definition) is 4. The standard InChI is InChI=1S/C12H20N4O2/c1-4-10-7-9(5-6-18-10)11(17)14-12-13-8(2)15-16(12)3/h9-10H,4-7H2,1-3H3,(H,13,14,15,17)/t9-,10-/m0/s1. The van der Waals surface area contributed by atoms with Crippen LogP contribution in [0.25, 0.3) is 0 Å². The van der Waals surface area contributed by atoms with E-state index in [-0.39, 0.29) is 17.9 Å². The van der Waals surface area contributed by atoms with Crippen LogP contribution in [0.15, 0.2) is 0 Å². The maximum Gasteiger partial charge on any atom is 0.230 e. The lowest BCUT2D eigenvalue weighted by Gasteiger charge is -2.27. The van der Waals surface area contributed by atoms with Gasteiger partial charge in [-0.25, -0.2) is 4.68 Å². The Hall–Kier alpha value is -1.43. The predicted molar refractivity (Wildman–Crippen MR) is 67.1 cm³/mol. The monoisotopic (exact) mass is 252 g/mol. The summed E-state index contributed by atoms with van der Waals surface area (Å²) in [5.74, 6) is 1.20. The molecule has 1 saturated heterocycles. The molecule has 0 aromatic carbocycles. The fraction of sp³-hybridized carbons (Fsp3) is 0.750. The van der Waals surface area contributed by atoms with Crippen LogP contribution in [0.4, 0.5) is 5.95 Å². The Balaban J connectivity index is 1.97. The molecule has 6 heteroatoms. The van der Waals surface area contributed by atoms with Crippen molar-refractivity contribution in [1.82, 2.24) is 14.8 Å². The highest BCUT2D eigenvalue weighted by Gasteiger charge is 2.27. The van der Waals surface area contributed by atoms with E-state index in [0.717, 1.165) is 19.3 Å². The number of rotatable bonds is 3. The molecule has 0 unspecified atom stereocenters. The van der Waals surface area contributed by atoms with E-state index in [2.05, 4.69) is 22.3 Å². The maximum atomic E-state index is 12.1. The van der Waals surface area contributed by atoms with Crippen LogP contribution in [-0.4, -0.2) is 33.4 Å². The summed E-state index contributed by atoms with van der Waals surface area (Å²) in [5, 5.41) is 6.95. The number of amides is 1. The van der Waals surface area contributed by atoms with Crippen LogP contribution < -0.4 is 5.32 Å². The van der Waals surface area contributed by atoms with E-state index in [1.54, 1.807) is 18.7 Å². The third kappa shape index (κ3) is 2.87. The summed E-state index contributed by atoms with van der Waals surface area (Å²) >= 11 is 0. The Morgan fingerprint density at radius 1 is 1.61 bits per heavy atom. The van der Waals surface area contributed by atoms with Gasteiger partial charge in [-0.05, 0) is 26.2 Å². The van der Waals surface area contributed by atoms with Crippen LogP contribution in [0.5, 0.6) is 0 Å². The number of carbonyl (C=O) groups excluding carboxylic acids is 1. The Bertz CT molecular complexity index is 430. The third-order valence-corrected chi connectivity index (χ3v) is 3.30. The number of carbonyl (C=O) groups is 1. The zero-order valence-corrected chi connectivity index (χ0v) is 11.1. The van der Waals surface area contributed by atoms with Crippen LogP contribution in [0.3, 0.4) is 0 Å². The Kier molecular flexibility index (Phi) is 3.96. The molecule has 2 atom stereocenters. The van der Waals surface area contributed by atoms with Crippen molar-refractivity contribution in [3.8, 4) is 0 Å². The molecule has 2 heterocycles. The number of nitrogens with zero attached hydrogens (tertiary/aromatic N) is 3. The number of ether oxygens (including phenoxy) is 1. The van der Waals surface area contributed by atoms with Crippen LogP contribution >= 0.6 is 0 Å². The first kappa shape index (κ1) is 13.0. The molecule has 1 aromatic rings. The highest BCUT2D eigenvalue weighted by molar-refractivity contribution is 5.91. The van der Waals surface area contributed by atoms with Crippen LogP contribution in [0.1, 0.15) is 32.0 Å². The quantitative estimate of drug-likeness (QED) is 0.879. The van der Waals surface area contributed by atoms with Gasteiger partial charge >= 0.3 is 0 Å². The largest absolute Gasteiger partial charge is 0.378 e. The first-order chi connectivity index (χ1) is 8.60. The minimum absolute atomic E-state index is 0.0145. The minimum atomic E-state index is 0.0145. The number of aromatic nitrogens is 3. The zero-order chi connectivity index (χ0) is 13.1. The second-order valence-corrected chi connectivity index (χ2v) is 4.72. The van der Waals surface area contributed by atoms with Gasteiger partial charge in [0.05, 0.1) is 6.10 Å². The van der Waals surface area contributed by atoms with Gasteiger partial charge in [0.25, 0.3) is 0 Å². The summed E-state index contributed by atoms with van der Waals surface area (Å²) < 4.78 is 7.16. The van der Waals surface area contributed by atoms with Gasteiger partial charge in [0.1, 0.15) is 5.82 Å². The summed E-state index contributed by atoms with van der Waals surface area (Å²) in [6.07, 6.45) is 2.72.